The van der Waals surface area contributed by atoms with Gasteiger partial charge in [0, 0.05) is 18.2 Å². The maximum Gasteiger partial charge on any atom is 0.232 e. The Morgan fingerprint density at radius 3 is 2.85 bits per heavy atom. The predicted octanol–water partition coefficient (Wildman–Crippen LogP) is 0.310. The van der Waals surface area contributed by atoms with Gasteiger partial charge in [-0.3, -0.25) is 4.79 Å². The monoisotopic (exact) mass is 371 g/mol. The Balaban J connectivity index is 1.75. The number of aromatic hydroxyl groups is 1. The van der Waals surface area contributed by atoms with Crippen molar-refractivity contribution in [1.82, 2.24) is 5.32 Å². The maximum absolute atomic E-state index is 13.2. The van der Waals surface area contributed by atoms with E-state index in [0.29, 0.717) is 16.9 Å². The van der Waals surface area contributed by atoms with Crippen molar-refractivity contribution in [3.63, 3.8) is 0 Å². The highest BCUT2D eigenvalue weighted by Gasteiger charge is 2.45. The lowest BCUT2D eigenvalue weighted by atomic mass is 9.90. The molecule has 1 aromatic carbocycles. The molecule has 0 radical (unpaired) electrons. The molecule has 7 nitrogen and oxygen atoms in total. The lowest BCUT2D eigenvalue weighted by Crippen LogP contribution is -2.66. The number of aryl methyl sites for hydroxylation is 1. The average Bonchev–Trinajstić information content (AvgIpc) is 3.03. The minimum Gasteiger partial charge on any atom is -0.835 e. The van der Waals surface area contributed by atoms with E-state index in [9.17, 15) is 15.0 Å². The summed E-state index contributed by atoms with van der Waals surface area (Å²) in [7, 11) is 0. The number of rotatable bonds is 2. The van der Waals surface area contributed by atoms with Crippen LogP contribution in [0.25, 0.3) is 0 Å². The number of pyridine rings is 1. The zero-order valence-electron chi connectivity index (χ0n) is 13.9. The summed E-state index contributed by atoms with van der Waals surface area (Å²) in [5.74, 6) is -1.54. The molecular formula is C18H17N3O4S. The number of hydrogen-bond donors (Lipinski definition) is 2. The molecule has 1 fully saturated rings. The molecule has 26 heavy (non-hydrogen) atoms. The molecule has 1 aromatic heterocycles. The van der Waals surface area contributed by atoms with Gasteiger partial charge in [0.15, 0.2) is 17.1 Å². The number of aromatic amines is 1. The number of para-hydroxylation sites is 1. The van der Waals surface area contributed by atoms with Crippen LogP contribution in [0.3, 0.4) is 0 Å². The van der Waals surface area contributed by atoms with Crippen molar-refractivity contribution in [2.75, 3.05) is 4.90 Å². The Bertz CT molecular complexity index is 890. The molecule has 2 aliphatic heterocycles. The van der Waals surface area contributed by atoms with E-state index in [4.69, 9.17) is 17.0 Å². The average molecular weight is 371 g/mol. The van der Waals surface area contributed by atoms with Gasteiger partial charge in [0.2, 0.25) is 11.6 Å². The van der Waals surface area contributed by atoms with Crippen molar-refractivity contribution in [3.8, 4) is 5.75 Å². The van der Waals surface area contributed by atoms with Gasteiger partial charge in [-0.05, 0) is 30.6 Å². The minimum atomic E-state index is -1.47. The molecule has 0 spiro atoms. The molecule has 3 heterocycles. The lowest BCUT2D eigenvalue weighted by Gasteiger charge is -2.47. The SMILES string of the molecule is Cc1[nH+]cc2c(c1O)C(C1C(=O)NC(=S)N(c3ccccc3)C1[O-])OC2. The smallest absolute Gasteiger partial charge is 0.232 e. The van der Waals surface area contributed by atoms with E-state index in [1.54, 1.807) is 37.4 Å². The zero-order valence-corrected chi connectivity index (χ0v) is 14.7. The molecule has 8 heteroatoms. The number of H-pyrrole nitrogens is 1. The van der Waals surface area contributed by atoms with Crippen molar-refractivity contribution in [3.05, 3.63) is 53.3 Å². The molecule has 2 aliphatic rings. The van der Waals surface area contributed by atoms with E-state index in [0.717, 1.165) is 5.56 Å². The number of nitrogens with zero attached hydrogens (tertiary/aromatic N) is 1. The summed E-state index contributed by atoms with van der Waals surface area (Å²) < 4.78 is 5.75. The van der Waals surface area contributed by atoms with E-state index in [1.807, 2.05) is 6.07 Å². The van der Waals surface area contributed by atoms with Crippen LogP contribution < -0.4 is 20.3 Å². The highest BCUT2D eigenvalue weighted by Crippen LogP contribution is 2.43. The predicted molar refractivity (Wildman–Crippen MR) is 93.9 cm³/mol. The second-order valence-electron chi connectivity index (χ2n) is 6.35. The summed E-state index contributed by atoms with van der Waals surface area (Å²) in [5.41, 5.74) is 2.37. The highest BCUT2D eigenvalue weighted by atomic mass is 32.1. The Hall–Kier alpha value is -2.55. The van der Waals surface area contributed by atoms with Gasteiger partial charge in [-0.15, -0.1) is 0 Å². The first-order valence-electron chi connectivity index (χ1n) is 8.18. The van der Waals surface area contributed by atoms with Gasteiger partial charge >= 0.3 is 0 Å². The summed E-state index contributed by atoms with van der Waals surface area (Å²) in [6.07, 6.45) is -0.585. The minimum absolute atomic E-state index is 0.0180. The van der Waals surface area contributed by atoms with E-state index in [1.165, 1.54) is 4.90 Å². The Morgan fingerprint density at radius 1 is 1.38 bits per heavy atom. The van der Waals surface area contributed by atoms with Crippen molar-refractivity contribution >= 4 is 28.9 Å². The standard InChI is InChI=1S/C18H16N3O4S/c1-9-14(22)12-10(7-19-9)8-25-15(12)13-16(23)20-18(26)21(17(13)24)11-5-3-2-4-6-11/h2-7,13,15,17,22H,8H2,1H3,(H,20,23,26)/q-1/p+1. The molecular weight excluding hydrogens is 354 g/mol. The topological polar surface area (TPSA) is 99.0 Å². The second kappa shape index (κ2) is 6.31. The van der Waals surface area contributed by atoms with Gasteiger partial charge in [0.1, 0.15) is 0 Å². The number of nitrogens with one attached hydrogen (secondary N) is 2. The molecule has 3 unspecified atom stereocenters. The number of anilines is 1. The highest BCUT2D eigenvalue weighted by molar-refractivity contribution is 7.80. The first kappa shape index (κ1) is 16.9. The second-order valence-corrected chi connectivity index (χ2v) is 6.74. The normalized spacial score (nSPS) is 25.2. The van der Waals surface area contributed by atoms with E-state index >= 15 is 0 Å². The van der Waals surface area contributed by atoms with Crippen LogP contribution in [0.2, 0.25) is 0 Å². The Morgan fingerprint density at radius 2 is 2.12 bits per heavy atom. The van der Waals surface area contributed by atoms with E-state index in [-0.39, 0.29) is 17.5 Å². The van der Waals surface area contributed by atoms with Gasteiger partial charge in [0.25, 0.3) is 0 Å². The van der Waals surface area contributed by atoms with E-state index < -0.39 is 24.2 Å². The number of hydrogen-bond acceptors (Lipinski definition) is 5. The quantitative estimate of drug-likeness (QED) is 0.737. The third-order valence-corrected chi connectivity index (χ3v) is 5.09. The fourth-order valence-electron chi connectivity index (χ4n) is 3.47. The summed E-state index contributed by atoms with van der Waals surface area (Å²) in [6.45, 7) is 1.93. The van der Waals surface area contributed by atoms with Crippen LogP contribution >= 0.6 is 12.2 Å². The molecule has 3 atom stereocenters. The number of ether oxygens (including phenoxy) is 1. The van der Waals surface area contributed by atoms with Crippen molar-refractivity contribution < 1.29 is 24.7 Å². The van der Waals surface area contributed by atoms with Gasteiger partial charge in [-0.2, -0.15) is 0 Å². The third kappa shape index (κ3) is 2.54. The molecule has 4 rings (SSSR count). The van der Waals surface area contributed by atoms with Gasteiger partial charge < -0.3 is 25.2 Å². The Kier molecular flexibility index (Phi) is 4.10. The van der Waals surface area contributed by atoms with Crippen LogP contribution in [-0.2, 0) is 16.1 Å². The first-order valence-corrected chi connectivity index (χ1v) is 8.59. The number of amides is 1. The Labute approximate surface area is 155 Å². The summed E-state index contributed by atoms with van der Waals surface area (Å²) in [5, 5.41) is 26.3. The van der Waals surface area contributed by atoms with Crippen LogP contribution in [0.4, 0.5) is 5.69 Å². The summed E-state index contributed by atoms with van der Waals surface area (Å²) in [6, 6.07) is 8.93. The lowest BCUT2D eigenvalue weighted by molar-refractivity contribution is -0.431. The number of carbonyl (C=O) groups excluding carboxylic acids is 1. The zero-order chi connectivity index (χ0) is 18.4. The van der Waals surface area contributed by atoms with E-state index in [2.05, 4.69) is 10.3 Å². The van der Waals surface area contributed by atoms with Crippen molar-refractivity contribution in [2.45, 2.75) is 25.9 Å². The molecule has 2 aromatic rings. The van der Waals surface area contributed by atoms with Crippen LogP contribution in [0.5, 0.6) is 5.75 Å². The molecule has 3 N–H and O–H groups in total. The third-order valence-electron chi connectivity index (χ3n) is 4.80. The number of aromatic nitrogens is 1. The molecule has 0 saturated carbocycles. The van der Waals surface area contributed by atoms with Gasteiger partial charge in [0.05, 0.1) is 24.2 Å². The largest absolute Gasteiger partial charge is 0.835 e. The number of benzene rings is 1. The fraction of sp³-hybridized carbons (Fsp3) is 0.278. The van der Waals surface area contributed by atoms with Gasteiger partial charge in [-0.1, -0.05) is 18.2 Å². The fourth-order valence-corrected chi connectivity index (χ4v) is 3.78. The number of fused-ring (bicyclic) bond motifs is 1. The number of carbonyl (C=O) groups is 1. The maximum atomic E-state index is 13.2. The summed E-state index contributed by atoms with van der Waals surface area (Å²) >= 11 is 5.21. The molecule has 134 valence electrons. The van der Waals surface area contributed by atoms with Crippen molar-refractivity contribution in [2.24, 2.45) is 5.92 Å². The first-order chi connectivity index (χ1) is 12.5. The molecule has 1 amide bonds. The van der Waals surface area contributed by atoms with Crippen LogP contribution in [0, 0.1) is 12.8 Å². The molecule has 1 saturated heterocycles. The summed E-state index contributed by atoms with van der Waals surface area (Å²) in [4.78, 5) is 16.9. The van der Waals surface area contributed by atoms with Gasteiger partial charge in [-0.25, -0.2) is 4.98 Å². The van der Waals surface area contributed by atoms with Crippen LogP contribution in [0.15, 0.2) is 36.5 Å². The van der Waals surface area contributed by atoms with Crippen LogP contribution in [0.1, 0.15) is 22.9 Å². The van der Waals surface area contributed by atoms with Crippen LogP contribution in [-0.4, -0.2) is 22.4 Å². The molecule has 0 bridgehead atoms. The number of thiocarbonyl (C=S) groups is 1. The molecule has 0 aliphatic carbocycles. The van der Waals surface area contributed by atoms with Crippen molar-refractivity contribution in [1.29, 1.82) is 0 Å².